The average molecular weight is 322 g/mol. The number of carbonyl (C=O) groups is 1. The van der Waals surface area contributed by atoms with E-state index in [0.29, 0.717) is 6.04 Å². The Morgan fingerprint density at radius 3 is 2.74 bits per heavy atom. The molecular weight excluding hydrogens is 292 g/mol. The molecule has 0 radical (unpaired) electrons. The summed E-state index contributed by atoms with van der Waals surface area (Å²) in [6.45, 7) is 9.46. The smallest absolute Gasteiger partial charge is 0.410 e. The predicted octanol–water partition coefficient (Wildman–Crippen LogP) is 2.86. The number of aromatic nitrogens is 2. The van der Waals surface area contributed by atoms with Crippen molar-refractivity contribution in [3.05, 3.63) is 18.0 Å². The molecule has 0 spiro atoms. The fourth-order valence-electron chi connectivity index (χ4n) is 2.61. The standard InChI is InChI=1S/C17H30N4O2/c1-13(15-9-11-19-20(15)5)18-10-6-12-21(14-7-8-14)16(22)23-17(2,3)4/h9,11,13-14,18H,6-8,10,12H2,1-5H3. The van der Waals surface area contributed by atoms with Crippen LogP contribution in [0.1, 0.15) is 58.7 Å². The largest absolute Gasteiger partial charge is 0.444 e. The molecule has 2 rings (SSSR count). The molecule has 1 aromatic heterocycles. The summed E-state index contributed by atoms with van der Waals surface area (Å²) in [5, 5.41) is 7.68. The molecule has 1 aliphatic rings. The Bertz CT molecular complexity index is 517. The van der Waals surface area contributed by atoms with Crippen LogP contribution in [0, 0.1) is 0 Å². The quantitative estimate of drug-likeness (QED) is 0.784. The maximum absolute atomic E-state index is 12.3. The lowest BCUT2D eigenvalue weighted by molar-refractivity contribution is 0.0231. The van der Waals surface area contributed by atoms with Gasteiger partial charge in [-0.1, -0.05) is 0 Å². The predicted molar refractivity (Wildman–Crippen MR) is 90.2 cm³/mol. The molecule has 0 bridgehead atoms. The highest BCUT2D eigenvalue weighted by atomic mass is 16.6. The van der Waals surface area contributed by atoms with Crippen molar-refractivity contribution in [2.24, 2.45) is 7.05 Å². The molecule has 6 nitrogen and oxygen atoms in total. The van der Waals surface area contributed by atoms with Crippen molar-refractivity contribution < 1.29 is 9.53 Å². The minimum atomic E-state index is -0.434. The first-order valence-electron chi connectivity index (χ1n) is 8.49. The second-order valence-electron chi connectivity index (χ2n) is 7.31. The Kier molecular flexibility index (Phi) is 5.68. The second-order valence-corrected chi connectivity index (χ2v) is 7.31. The van der Waals surface area contributed by atoms with Gasteiger partial charge in [-0.2, -0.15) is 5.10 Å². The Labute approximate surface area is 139 Å². The molecule has 1 atom stereocenters. The highest BCUT2D eigenvalue weighted by molar-refractivity contribution is 5.69. The summed E-state index contributed by atoms with van der Waals surface area (Å²) in [7, 11) is 1.95. The van der Waals surface area contributed by atoms with E-state index in [2.05, 4.69) is 17.3 Å². The number of hydrogen-bond acceptors (Lipinski definition) is 4. The van der Waals surface area contributed by atoms with Crippen LogP contribution in [0.4, 0.5) is 4.79 Å². The van der Waals surface area contributed by atoms with Crippen LogP contribution < -0.4 is 5.32 Å². The molecule has 0 aromatic carbocycles. The van der Waals surface area contributed by atoms with Crippen molar-refractivity contribution in [2.75, 3.05) is 13.1 Å². The van der Waals surface area contributed by atoms with E-state index < -0.39 is 5.60 Å². The van der Waals surface area contributed by atoms with E-state index >= 15 is 0 Å². The Morgan fingerprint density at radius 2 is 2.22 bits per heavy atom. The lowest BCUT2D eigenvalue weighted by Gasteiger charge is -2.27. The average Bonchev–Trinajstić information content (AvgIpc) is 3.17. The fraction of sp³-hybridized carbons (Fsp3) is 0.765. The van der Waals surface area contributed by atoms with Crippen molar-refractivity contribution in [2.45, 2.75) is 64.6 Å². The molecule has 1 heterocycles. The Balaban J connectivity index is 1.75. The molecule has 23 heavy (non-hydrogen) atoms. The molecule has 1 aliphatic carbocycles. The van der Waals surface area contributed by atoms with Crippen LogP contribution in [0.15, 0.2) is 12.3 Å². The number of hydrogen-bond donors (Lipinski definition) is 1. The summed E-state index contributed by atoms with van der Waals surface area (Å²) >= 11 is 0. The van der Waals surface area contributed by atoms with Gasteiger partial charge in [0.05, 0.1) is 5.69 Å². The van der Waals surface area contributed by atoms with Gasteiger partial charge in [0.2, 0.25) is 0 Å². The summed E-state index contributed by atoms with van der Waals surface area (Å²) in [6, 6.07) is 2.65. The first kappa shape index (κ1) is 17.8. The minimum Gasteiger partial charge on any atom is -0.444 e. The maximum Gasteiger partial charge on any atom is 0.410 e. The zero-order valence-corrected chi connectivity index (χ0v) is 15.0. The maximum atomic E-state index is 12.3. The SMILES string of the molecule is CC(NCCCN(C(=O)OC(C)(C)C)C1CC1)c1ccnn1C. The van der Waals surface area contributed by atoms with Crippen LogP contribution in [0.25, 0.3) is 0 Å². The number of aryl methyl sites for hydroxylation is 1. The third kappa shape index (κ3) is 5.53. The van der Waals surface area contributed by atoms with Gasteiger partial charge in [0, 0.05) is 31.9 Å². The molecule has 0 aliphatic heterocycles. The summed E-state index contributed by atoms with van der Waals surface area (Å²) < 4.78 is 7.39. The minimum absolute atomic E-state index is 0.181. The van der Waals surface area contributed by atoms with Gasteiger partial charge in [-0.05, 0) is 59.6 Å². The summed E-state index contributed by atoms with van der Waals surface area (Å²) in [4.78, 5) is 14.2. The van der Waals surface area contributed by atoms with Gasteiger partial charge in [-0.15, -0.1) is 0 Å². The van der Waals surface area contributed by atoms with Gasteiger partial charge >= 0.3 is 6.09 Å². The third-order valence-corrected chi connectivity index (χ3v) is 3.94. The molecule has 6 heteroatoms. The van der Waals surface area contributed by atoms with Crippen LogP contribution >= 0.6 is 0 Å². The number of rotatable bonds is 7. The summed E-state index contributed by atoms with van der Waals surface area (Å²) in [5.74, 6) is 0. The lowest BCUT2D eigenvalue weighted by atomic mass is 10.2. The van der Waals surface area contributed by atoms with Gasteiger partial charge in [-0.3, -0.25) is 4.68 Å². The van der Waals surface area contributed by atoms with E-state index in [-0.39, 0.29) is 12.1 Å². The molecule has 0 saturated heterocycles. The van der Waals surface area contributed by atoms with Crippen LogP contribution in [0.2, 0.25) is 0 Å². The highest BCUT2D eigenvalue weighted by Gasteiger charge is 2.34. The number of nitrogens with one attached hydrogen (secondary N) is 1. The van der Waals surface area contributed by atoms with Gasteiger partial charge in [0.15, 0.2) is 0 Å². The van der Waals surface area contributed by atoms with Crippen LogP contribution in [-0.4, -0.2) is 45.5 Å². The van der Waals surface area contributed by atoms with Crippen molar-refractivity contribution >= 4 is 6.09 Å². The number of carbonyl (C=O) groups excluding carboxylic acids is 1. The molecule has 1 fully saturated rings. The van der Waals surface area contributed by atoms with E-state index in [9.17, 15) is 4.79 Å². The molecular formula is C17H30N4O2. The molecule has 1 unspecified atom stereocenters. The highest BCUT2D eigenvalue weighted by Crippen LogP contribution is 2.28. The van der Waals surface area contributed by atoms with E-state index in [4.69, 9.17) is 4.74 Å². The normalized spacial score (nSPS) is 16.2. The topological polar surface area (TPSA) is 59.4 Å². The van der Waals surface area contributed by atoms with E-state index in [0.717, 1.165) is 38.0 Å². The molecule has 1 N–H and O–H groups in total. The number of nitrogens with zero attached hydrogens (tertiary/aromatic N) is 3. The van der Waals surface area contributed by atoms with Crippen molar-refractivity contribution in [1.82, 2.24) is 20.0 Å². The van der Waals surface area contributed by atoms with E-state index in [1.165, 1.54) is 0 Å². The number of amides is 1. The van der Waals surface area contributed by atoms with Gasteiger partial charge < -0.3 is 15.0 Å². The lowest BCUT2D eigenvalue weighted by Crippen LogP contribution is -2.39. The zero-order chi connectivity index (χ0) is 17.0. The van der Waals surface area contributed by atoms with Gasteiger partial charge in [-0.25, -0.2) is 4.79 Å². The van der Waals surface area contributed by atoms with Crippen LogP contribution in [-0.2, 0) is 11.8 Å². The zero-order valence-electron chi connectivity index (χ0n) is 15.0. The Hall–Kier alpha value is -1.56. The Morgan fingerprint density at radius 1 is 1.52 bits per heavy atom. The van der Waals surface area contributed by atoms with E-state index in [1.807, 2.05) is 49.7 Å². The molecule has 130 valence electrons. The van der Waals surface area contributed by atoms with Crippen LogP contribution in [0.3, 0.4) is 0 Å². The summed E-state index contributed by atoms with van der Waals surface area (Å²) in [6.07, 6.45) is 4.73. The molecule has 1 saturated carbocycles. The fourth-order valence-corrected chi connectivity index (χ4v) is 2.61. The third-order valence-electron chi connectivity index (χ3n) is 3.94. The van der Waals surface area contributed by atoms with E-state index in [1.54, 1.807) is 0 Å². The van der Waals surface area contributed by atoms with Gasteiger partial charge in [0.1, 0.15) is 5.60 Å². The first-order valence-corrected chi connectivity index (χ1v) is 8.49. The van der Waals surface area contributed by atoms with Gasteiger partial charge in [0.25, 0.3) is 0 Å². The molecule has 1 aromatic rings. The second kappa shape index (κ2) is 7.34. The number of ether oxygens (including phenoxy) is 1. The van der Waals surface area contributed by atoms with Crippen molar-refractivity contribution in [3.63, 3.8) is 0 Å². The molecule has 1 amide bonds. The summed E-state index contributed by atoms with van der Waals surface area (Å²) in [5.41, 5.74) is 0.729. The van der Waals surface area contributed by atoms with Crippen molar-refractivity contribution in [3.8, 4) is 0 Å². The first-order chi connectivity index (χ1) is 10.8. The van der Waals surface area contributed by atoms with Crippen LogP contribution in [0.5, 0.6) is 0 Å². The van der Waals surface area contributed by atoms with Crippen molar-refractivity contribution in [1.29, 1.82) is 0 Å². The monoisotopic (exact) mass is 322 g/mol.